The molecule has 29 heavy (non-hydrogen) atoms. The van der Waals surface area contributed by atoms with Crippen LogP contribution in [0.25, 0.3) is 0 Å². The van der Waals surface area contributed by atoms with Gasteiger partial charge in [-0.3, -0.25) is 4.79 Å². The lowest BCUT2D eigenvalue weighted by Crippen LogP contribution is -2.42. The first-order valence-electron chi connectivity index (χ1n) is 9.44. The number of nitrogens with zero attached hydrogens (tertiary/aromatic N) is 4. The molecule has 0 saturated carbocycles. The zero-order valence-corrected chi connectivity index (χ0v) is 16.2. The van der Waals surface area contributed by atoms with Crippen LogP contribution in [0.1, 0.15) is 30.3 Å². The highest BCUT2D eigenvalue weighted by molar-refractivity contribution is 5.87. The van der Waals surface area contributed by atoms with Gasteiger partial charge in [0.2, 0.25) is 0 Å². The molecule has 1 amide bonds. The molecule has 1 unspecified atom stereocenters. The van der Waals surface area contributed by atoms with Gasteiger partial charge in [-0.2, -0.15) is 4.80 Å². The normalized spacial score (nSPS) is 11.6. The van der Waals surface area contributed by atoms with Crippen LogP contribution in [0.3, 0.4) is 0 Å². The molecule has 1 aromatic heterocycles. The Hall–Kier alpha value is -3.55. The minimum Gasteiger partial charge on any atom is -0.445 e. The molecule has 3 aromatic rings. The predicted molar refractivity (Wildman–Crippen MR) is 106 cm³/mol. The quantitative estimate of drug-likeness (QED) is 0.600. The molecule has 1 atom stereocenters. The summed E-state index contributed by atoms with van der Waals surface area (Å²) < 4.78 is 5.18. The first-order chi connectivity index (χ1) is 14.1. The van der Waals surface area contributed by atoms with E-state index in [-0.39, 0.29) is 18.9 Å². The van der Waals surface area contributed by atoms with E-state index in [0.29, 0.717) is 18.7 Å². The lowest BCUT2D eigenvalue weighted by atomic mass is 10.1. The summed E-state index contributed by atoms with van der Waals surface area (Å²) in [5.41, 5.74) is 1.94. The second kappa shape index (κ2) is 10.1. The summed E-state index contributed by atoms with van der Waals surface area (Å²) in [6.07, 6.45) is 0.339. The predicted octanol–water partition coefficient (Wildman–Crippen LogP) is 2.54. The Morgan fingerprint density at radius 1 is 1.03 bits per heavy atom. The summed E-state index contributed by atoms with van der Waals surface area (Å²) in [6, 6.07) is 18.4. The first-order valence-corrected chi connectivity index (χ1v) is 9.44. The standard InChI is InChI=1S/C21H23N5O3/c1-2-18(22-21(28)29-15-17-11-7-4-8-12-17)19(27)14-26-24-20(23-25-26)13-16-9-5-3-6-10-16/h3-12,18H,2,13-15H2,1H3,(H,22,28). The highest BCUT2D eigenvalue weighted by Gasteiger charge is 2.21. The van der Waals surface area contributed by atoms with E-state index in [2.05, 4.69) is 20.7 Å². The van der Waals surface area contributed by atoms with Crippen LogP contribution in [-0.4, -0.2) is 38.1 Å². The number of rotatable bonds is 9. The largest absolute Gasteiger partial charge is 0.445 e. The third-order valence-electron chi connectivity index (χ3n) is 4.30. The molecule has 8 nitrogen and oxygen atoms in total. The van der Waals surface area contributed by atoms with Crippen molar-refractivity contribution in [2.24, 2.45) is 0 Å². The number of aromatic nitrogens is 4. The number of hydrogen-bond donors (Lipinski definition) is 1. The lowest BCUT2D eigenvalue weighted by molar-refractivity contribution is -0.122. The minimum atomic E-state index is -0.679. The number of nitrogens with one attached hydrogen (secondary N) is 1. The number of tetrazole rings is 1. The summed E-state index contributed by atoms with van der Waals surface area (Å²) in [5, 5.41) is 14.8. The molecule has 1 heterocycles. The fourth-order valence-corrected chi connectivity index (χ4v) is 2.76. The van der Waals surface area contributed by atoms with Gasteiger partial charge < -0.3 is 10.1 Å². The van der Waals surface area contributed by atoms with Crippen molar-refractivity contribution in [3.63, 3.8) is 0 Å². The molecular formula is C21H23N5O3. The van der Waals surface area contributed by atoms with Crippen LogP contribution in [-0.2, 0) is 29.1 Å². The van der Waals surface area contributed by atoms with Crippen LogP contribution < -0.4 is 5.32 Å². The Morgan fingerprint density at radius 3 is 2.34 bits per heavy atom. The van der Waals surface area contributed by atoms with Crippen LogP contribution in [0.5, 0.6) is 0 Å². The van der Waals surface area contributed by atoms with E-state index in [1.807, 2.05) is 67.6 Å². The maximum Gasteiger partial charge on any atom is 0.408 e. The third-order valence-corrected chi connectivity index (χ3v) is 4.30. The minimum absolute atomic E-state index is 0.0702. The number of ketones is 1. The smallest absolute Gasteiger partial charge is 0.408 e. The van der Waals surface area contributed by atoms with E-state index in [1.54, 1.807) is 0 Å². The highest BCUT2D eigenvalue weighted by atomic mass is 16.5. The molecule has 0 aliphatic rings. The van der Waals surface area contributed by atoms with Crippen LogP contribution in [0.15, 0.2) is 60.7 Å². The first kappa shape index (κ1) is 20.2. The second-order valence-corrected chi connectivity index (χ2v) is 6.53. The molecule has 3 rings (SSSR count). The van der Waals surface area contributed by atoms with Crippen molar-refractivity contribution in [1.82, 2.24) is 25.5 Å². The van der Waals surface area contributed by atoms with E-state index in [0.717, 1.165) is 11.1 Å². The maximum absolute atomic E-state index is 12.5. The number of carbonyl (C=O) groups excluding carboxylic acids is 2. The highest BCUT2D eigenvalue weighted by Crippen LogP contribution is 2.05. The zero-order valence-electron chi connectivity index (χ0n) is 16.2. The monoisotopic (exact) mass is 393 g/mol. The number of Topliss-reactive ketones (excluding diaryl/α,β-unsaturated/α-hetero) is 1. The number of benzene rings is 2. The van der Waals surface area contributed by atoms with Gasteiger partial charge in [-0.1, -0.05) is 67.6 Å². The van der Waals surface area contributed by atoms with Gasteiger partial charge in [0.15, 0.2) is 11.6 Å². The summed E-state index contributed by atoms with van der Waals surface area (Å²) in [6.45, 7) is 1.89. The van der Waals surface area contributed by atoms with Gasteiger partial charge in [0.25, 0.3) is 0 Å². The number of ether oxygens (including phenoxy) is 1. The fraction of sp³-hybridized carbons (Fsp3) is 0.286. The molecule has 0 bridgehead atoms. The van der Waals surface area contributed by atoms with Crippen molar-refractivity contribution in [1.29, 1.82) is 0 Å². The summed E-state index contributed by atoms with van der Waals surface area (Å²) in [7, 11) is 0. The molecule has 0 spiro atoms. The van der Waals surface area contributed by atoms with Gasteiger partial charge in [-0.05, 0) is 22.8 Å². The molecular weight excluding hydrogens is 370 g/mol. The Balaban J connectivity index is 1.49. The molecule has 2 aromatic carbocycles. The molecule has 0 aliphatic heterocycles. The van der Waals surface area contributed by atoms with E-state index < -0.39 is 12.1 Å². The van der Waals surface area contributed by atoms with E-state index in [9.17, 15) is 9.59 Å². The van der Waals surface area contributed by atoms with Crippen LogP contribution >= 0.6 is 0 Å². The average molecular weight is 393 g/mol. The lowest BCUT2D eigenvalue weighted by Gasteiger charge is -2.15. The maximum atomic E-state index is 12.5. The summed E-state index contributed by atoms with van der Waals surface area (Å²) in [5.74, 6) is 0.320. The Bertz CT molecular complexity index is 928. The van der Waals surface area contributed by atoms with Crippen molar-refractivity contribution in [3.05, 3.63) is 77.6 Å². The molecule has 0 aliphatic carbocycles. The third kappa shape index (κ3) is 6.24. The molecule has 150 valence electrons. The molecule has 0 radical (unpaired) electrons. The Kier molecular flexibility index (Phi) is 7.05. The van der Waals surface area contributed by atoms with Gasteiger partial charge in [0.05, 0.1) is 6.04 Å². The Labute approximate surface area is 168 Å². The fourth-order valence-electron chi connectivity index (χ4n) is 2.76. The van der Waals surface area contributed by atoms with E-state index in [1.165, 1.54) is 4.80 Å². The van der Waals surface area contributed by atoms with Crippen molar-refractivity contribution in [3.8, 4) is 0 Å². The average Bonchev–Trinajstić information content (AvgIpc) is 3.18. The van der Waals surface area contributed by atoms with Gasteiger partial charge in [0.1, 0.15) is 13.2 Å². The van der Waals surface area contributed by atoms with Crippen molar-refractivity contribution >= 4 is 11.9 Å². The second-order valence-electron chi connectivity index (χ2n) is 6.53. The van der Waals surface area contributed by atoms with E-state index >= 15 is 0 Å². The van der Waals surface area contributed by atoms with Gasteiger partial charge in [0, 0.05) is 6.42 Å². The van der Waals surface area contributed by atoms with Crippen molar-refractivity contribution in [2.45, 2.75) is 39.0 Å². The topological polar surface area (TPSA) is 99.0 Å². The van der Waals surface area contributed by atoms with Crippen molar-refractivity contribution in [2.75, 3.05) is 0 Å². The van der Waals surface area contributed by atoms with Crippen molar-refractivity contribution < 1.29 is 14.3 Å². The number of alkyl carbamates (subject to hydrolysis) is 1. The van der Waals surface area contributed by atoms with Gasteiger partial charge in [-0.15, -0.1) is 10.2 Å². The molecule has 0 saturated heterocycles. The number of hydrogen-bond acceptors (Lipinski definition) is 6. The summed E-state index contributed by atoms with van der Waals surface area (Å²) >= 11 is 0. The van der Waals surface area contributed by atoms with E-state index in [4.69, 9.17) is 4.74 Å². The van der Waals surface area contributed by atoms with Gasteiger partial charge >= 0.3 is 6.09 Å². The van der Waals surface area contributed by atoms with Crippen LogP contribution in [0, 0.1) is 0 Å². The van der Waals surface area contributed by atoms with Gasteiger partial charge in [-0.25, -0.2) is 4.79 Å². The number of carbonyl (C=O) groups is 2. The molecule has 8 heteroatoms. The Morgan fingerprint density at radius 2 is 1.69 bits per heavy atom. The molecule has 1 N–H and O–H groups in total. The molecule has 0 fully saturated rings. The van der Waals surface area contributed by atoms with Crippen LogP contribution in [0.2, 0.25) is 0 Å². The van der Waals surface area contributed by atoms with Crippen LogP contribution in [0.4, 0.5) is 4.79 Å². The SMILES string of the molecule is CCC(NC(=O)OCc1ccccc1)C(=O)Cn1nnc(Cc2ccccc2)n1. The number of amides is 1. The summed E-state index contributed by atoms with van der Waals surface area (Å²) in [4.78, 5) is 25.8. The zero-order chi connectivity index (χ0) is 20.5.